The number of aryl methyl sites for hydroxylation is 1. The highest BCUT2D eigenvalue weighted by atomic mass is 16.5. The molecule has 1 amide bonds. The third-order valence-electron chi connectivity index (χ3n) is 4.87. The van der Waals surface area contributed by atoms with Crippen molar-refractivity contribution in [2.24, 2.45) is 0 Å². The number of likely N-dealkylation sites (tertiary alicyclic amines) is 1. The summed E-state index contributed by atoms with van der Waals surface area (Å²) in [5.41, 5.74) is 2.51. The highest BCUT2D eigenvalue weighted by Gasteiger charge is 2.45. The predicted molar refractivity (Wildman–Crippen MR) is 108 cm³/mol. The molecule has 0 bridgehead atoms. The molecule has 2 aromatic rings. The van der Waals surface area contributed by atoms with Crippen molar-refractivity contribution in [3.63, 3.8) is 0 Å². The lowest BCUT2D eigenvalue weighted by Crippen LogP contribution is -2.31. The molecule has 1 heterocycles. The van der Waals surface area contributed by atoms with Crippen LogP contribution in [-0.4, -0.2) is 41.5 Å². The molecule has 1 unspecified atom stereocenters. The van der Waals surface area contributed by atoms with Crippen LogP contribution in [0.2, 0.25) is 0 Å². The van der Waals surface area contributed by atoms with Crippen molar-refractivity contribution in [3.8, 4) is 0 Å². The number of rotatable bonds is 7. The predicted octanol–water partition coefficient (Wildman–Crippen LogP) is 3.84. The van der Waals surface area contributed by atoms with Crippen LogP contribution in [-0.2, 0) is 14.3 Å². The largest absolute Gasteiger partial charge is 0.507 e. The van der Waals surface area contributed by atoms with E-state index < -0.39 is 17.7 Å². The van der Waals surface area contributed by atoms with E-state index >= 15 is 0 Å². The molecule has 146 valence electrons. The Morgan fingerprint density at radius 1 is 1.07 bits per heavy atom. The number of nitrogens with zero attached hydrogens (tertiary/aromatic N) is 1. The molecule has 0 radical (unpaired) electrons. The molecular weight excluding hydrogens is 354 g/mol. The van der Waals surface area contributed by atoms with Crippen molar-refractivity contribution in [1.29, 1.82) is 0 Å². The smallest absolute Gasteiger partial charge is 0.295 e. The van der Waals surface area contributed by atoms with E-state index in [1.807, 2.05) is 56.3 Å². The number of ether oxygens (including phenoxy) is 1. The first-order valence-corrected chi connectivity index (χ1v) is 9.52. The van der Waals surface area contributed by atoms with E-state index in [0.29, 0.717) is 31.7 Å². The molecule has 0 aliphatic carbocycles. The molecule has 1 N–H and O–H groups in total. The molecule has 1 aliphatic heterocycles. The fourth-order valence-electron chi connectivity index (χ4n) is 3.44. The standard InChI is InChI=1S/C23H25NO4/c1-3-28-15-7-14-24-20(17-8-5-4-6-9-17)19(22(26)23(24)27)21(25)18-12-10-16(2)11-13-18/h4-6,8-13,20,25H,3,7,14-15H2,1-2H3/b21-19+. The van der Waals surface area contributed by atoms with Gasteiger partial charge in [0.25, 0.3) is 11.7 Å². The van der Waals surface area contributed by atoms with Gasteiger partial charge in [0.2, 0.25) is 0 Å². The summed E-state index contributed by atoms with van der Waals surface area (Å²) in [7, 11) is 0. The third-order valence-corrected chi connectivity index (χ3v) is 4.87. The van der Waals surface area contributed by atoms with Crippen molar-refractivity contribution in [3.05, 3.63) is 76.9 Å². The summed E-state index contributed by atoms with van der Waals surface area (Å²) in [6.45, 7) is 5.37. The van der Waals surface area contributed by atoms with Crippen LogP contribution < -0.4 is 0 Å². The zero-order chi connectivity index (χ0) is 20.1. The molecule has 0 aromatic heterocycles. The number of carbonyl (C=O) groups is 2. The Bertz CT molecular complexity index is 871. The van der Waals surface area contributed by atoms with Crippen molar-refractivity contribution < 1.29 is 19.4 Å². The number of benzene rings is 2. The molecule has 0 spiro atoms. The molecule has 1 atom stereocenters. The van der Waals surface area contributed by atoms with E-state index in [-0.39, 0.29) is 11.3 Å². The van der Waals surface area contributed by atoms with Gasteiger partial charge in [-0.15, -0.1) is 0 Å². The van der Waals surface area contributed by atoms with Gasteiger partial charge in [-0.1, -0.05) is 60.2 Å². The topological polar surface area (TPSA) is 66.8 Å². The van der Waals surface area contributed by atoms with Gasteiger partial charge < -0.3 is 14.7 Å². The SMILES string of the molecule is CCOCCCN1C(=O)C(=O)/C(=C(/O)c2ccc(C)cc2)C1c1ccccc1. The molecule has 1 saturated heterocycles. The number of aliphatic hydroxyl groups excluding tert-OH is 1. The number of Topliss-reactive ketones (excluding diaryl/α,β-unsaturated/α-hetero) is 1. The lowest BCUT2D eigenvalue weighted by molar-refractivity contribution is -0.140. The van der Waals surface area contributed by atoms with E-state index in [2.05, 4.69) is 0 Å². The second-order valence-electron chi connectivity index (χ2n) is 6.82. The molecule has 1 fully saturated rings. The summed E-state index contributed by atoms with van der Waals surface area (Å²) in [6.07, 6.45) is 0.620. The Balaban J connectivity index is 2.03. The summed E-state index contributed by atoms with van der Waals surface area (Å²) in [5, 5.41) is 10.9. The van der Waals surface area contributed by atoms with Gasteiger partial charge in [-0.2, -0.15) is 0 Å². The minimum Gasteiger partial charge on any atom is -0.507 e. The molecule has 3 rings (SSSR count). The minimum atomic E-state index is -0.650. The average molecular weight is 379 g/mol. The van der Waals surface area contributed by atoms with Gasteiger partial charge in [0.1, 0.15) is 5.76 Å². The number of ketones is 1. The number of hydrogen-bond acceptors (Lipinski definition) is 4. The molecule has 1 aliphatic rings. The van der Waals surface area contributed by atoms with Crippen LogP contribution in [0.3, 0.4) is 0 Å². The number of carbonyl (C=O) groups excluding carboxylic acids is 2. The highest BCUT2D eigenvalue weighted by Crippen LogP contribution is 2.39. The van der Waals surface area contributed by atoms with Gasteiger partial charge in [-0.25, -0.2) is 0 Å². The van der Waals surface area contributed by atoms with E-state index in [1.54, 1.807) is 12.1 Å². The molecule has 5 heteroatoms. The van der Waals surface area contributed by atoms with Crippen molar-refractivity contribution in [1.82, 2.24) is 4.90 Å². The fourth-order valence-corrected chi connectivity index (χ4v) is 3.44. The van der Waals surface area contributed by atoms with Crippen molar-refractivity contribution in [2.45, 2.75) is 26.3 Å². The van der Waals surface area contributed by atoms with Crippen LogP contribution in [0.1, 0.15) is 36.1 Å². The molecule has 5 nitrogen and oxygen atoms in total. The highest BCUT2D eigenvalue weighted by molar-refractivity contribution is 6.46. The number of amides is 1. The van der Waals surface area contributed by atoms with Crippen LogP contribution in [0.25, 0.3) is 5.76 Å². The third kappa shape index (κ3) is 3.99. The Hall–Kier alpha value is -2.92. The fraction of sp³-hybridized carbons (Fsp3) is 0.304. The summed E-state index contributed by atoms with van der Waals surface area (Å²) in [5.74, 6) is -1.37. The maximum absolute atomic E-state index is 12.8. The number of aliphatic hydroxyl groups is 1. The first kappa shape index (κ1) is 19.8. The zero-order valence-electron chi connectivity index (χ0n) is 16.2. The van der Waals surface area contributed by atoms with Crippen LogP contribution in [0.15, 0.2) is 60.2 Å². The van der Waals surface area contributed by atoms with E-state index in [4.69, 9.17) is 4.74 Å². The van der Waals surface area contributed by atoms with Crippen LogP contribution in [0.4, 0.5) is 0 Å². The Kier molecular flexibility index (Phi) is 6.26. The van der Waals surface area contributed by atoms with E-state index in [9.17, 15) is 14.7 Å². The first-order chi connectivity index (χ1) is 13.5. The van der Waals surface area contributed by atoms with E-state index in [1.165, 1.54) is 4.90 Å². The minimum absolute atomic E-state index is 0.136. The van der Waals surface area contributed by atoms with Crippen LogP contribution in [0.5, 0.6) is 0 Å². The molecule has 2 aromatic carbocycles. The van der Waals surface area contributed by atoms with Crippen LogP contribution in [0, 0.1) is 6.92 Å². The second-order valence-corrected chi connectivity index (χ2v) is 6.82. The van der Waals surface area contributed by atoms with Gasteiger partial charge in [0.15, 0.2) is 0 Å². The van der Waals surface area contributed by atoms with Crippen molar-refractivity contribution in [2.75, 3.05) is 19.8 Å². The quantitative estimate of drug-likeness (QED) is 0.343. The number of hydrogen-bond donors (Lipinski definition) is 1. The lowest BCUT2D eigenvalue weighted by Gasteiger charge is -2.25. The maximum Gasteiger partial charge on any atom is 0.295 e. The molecular formula is C23H25NO4. The monoisotopic (exact) mass is 379 g/mol. The summed E-state index contributed by atoms with van der Waals surface area (Å²) in [4.78, 5) is 27.1. The van der Waals surface area contributed by atoms with Gasteiger partial charge in [0.05, 0.1) is 11.6 Å². The maximum atomic E-state index is 12.8. The summed E-state index contributed by atoms with van der Waals surface area (Å²) in [6, 6.07) is 16.0. The van der Waals surface area contributed by atoms with Gasteiger partial charge in [-0.3, -0.25) is 9.59 Å². The Morgan fingerprint density at radius 3 is 2.39 bits per heavy atom. The molecule has 28 heavy (non-hydrogen) atoms. The van der Waals surface area contributed by atoms with Gasteiger partial charge >= 0.3 is 0 Å². The Morgan fingerprint density at radius 2 is 1.75 bits per heavy atom. The lowest BCUT2D eigenvalue weighted by atomic mass is 9.95. The normalized spacial score (nSPS) is 18.6. The van der Waals surface area contributed by atoms with Crippen LogP contribution >= 0.6 is 0 Å². The average Bonchev–Trinajstić information content (AvgIpc) is 2.97. The summed E-state index contributed by atoms with van der Waals surface area (Å²) < 4.78 is 5.37. The van der Waals surface area contributed by atoms with E-state index in [0.717, 1.165) is 11.1 Å². The van der Waals surface area contributed by atoms with Crippen molar-refractivity contribution >= 4 is 17.4 Å². The summed E-state index contributed by atoms with van der Waals surface area (Å²) >= 11 is 0. The molecule has 0 saturated carbocycles. The first-order valence-electron chi connectivity index (χ1n) is 9.52. The zero-order valence-corrected chi connectivity index (χ0v) is 16.2. The van der Waals surface area contributed by atoms with Gasteiger partial charge in [0, 0.05) is 25.3 Å². The Labute approximate surface area is 165 Å². The second kappa shape index (κ2) is 8.85. The van der Waals surface area contributed by atoms with Gasteiger partial charge in [-0.05, 0) is 25.8 Å².